The number of aromatic hydroxyl groups is 1. The highest BCUT2D eigenvalue weighted by molar-refractivity contribution is 5.80. The molecule has 5 heterocycles. The lowest BCUT2D eigenvalue weighted by Crippen LogP contribution is -2.60. The summed E-state index contributed by atoms with van der Waals surface area (Å²) >= 11 is 0. The quantitative estimate of drug-likeness (QED) is 0.616. The monoisotopic (exact) mass is 477 g/mol. The molecule has 0 unspecified atom stereocenters. The van der Waals surface area contributed by atoms with Crippen LogP contribution in [0.3, 0.4) is 0 Å². The zero-order chi connectivity index (χ0) is 23.8. The highest BCUT2D eigenvalue weighted by atomic mass is 16.3. The van der Waals surface area contributed by atoms with Gasteiger partial charge < -0.3 is 30.4 Å². The minimum atomic E-state index is 0.155. The molecule has 1 aromatic heterocycles. The largest absolute Gasteiger partial charge is 0.507 e. The number of carbonyl (C=O) groups is 1. The summed E-state index contributed by atoms with van der Waals surface area (Å²) in [7, 11) is 0. The first-order valence-electron chi connectivity index (χ1n) is 13.1. The second-order valence-electron chi connectivity index (χ2n) is 10.3. The molecule has 3 fully saturated rings. The van der Waals surface area contributed by atoms with Crippen molar-refractivity contribution in [2.45, 2.75) is 37.8 Å². The minimum absolute atomic E-state index is 0.155. The topological polar surface area (TPSA) is 96.9 Å². The number of hydrogen-bond donors (Lipinski definition) is 3. The number of hydrogen-bond acceptors (Lipinski definition) is 8. The van der Waals surface area contributed by atoms with Crippen molar-refractivity contribution < 1.29 is 9.90 Å². The van der Waals surface area contributed by atoms with Crippen LogP contribution in [0.4, 0.5) is 11.5 Å². The average Bonchev–Trinajstić information content (AvgIpc) is 2.93. The fraction of sp³-hybridized carbons (Fsp3) is 0.577. The van der Waals surface area contributed by atoms with Gasteiger partial charge in [-0.3, -0.25) is 4.79 Å². The van der Waals surface area contributed by atoms with E-state index < -0.39 is 0 Å². The Morgan fingerprint density at radius 2 is 1.77 bits per heavy atom. The smallest absolute Gasteiger partial charge is 0.225 e. The molecular formula is C26H35N7O2. The fourth-order valence-electron chi connectivity index (χ4n) is 6.25. The van der Waals surface area contributed by atoms with E-state index in [0.717, 1.165) is 76.7 Å². The molecule has 1 atom stereocenters. The van der Waals surface area contributed by atoms with Crippen molar-refractivity contribution in [1.29, 1.82) is 0 Å². The molecule has 3 saturated heterocycles. The predicted octanol–water partition coefficient (Wildman–Crippen LogP) is 1.76. The molecule has 0 bridgehead atoms. The molecule has 9 nitrogen and oxygen atoms in total. The molecule has 0 spiro atoms. The summed E-state index contributed by atoms with van der Waals surface area (Å²) in [4.78, 5) is 20.5. The number of nitrogens with one attached hydrogen (secondary N) is 2. The van der Waals surface area contributed by atoms with Crippen LogP contribution >= 0.6 is 0 Å². The minimum Gasteiger partial charge on any atom is -0.507 e. The van der Waals surface area contributed by atoms with Gasteiger partial charge in [0.2, 0.25) is 5.91 Å². The molecule has 0 radical (unpaired) electrons. The van der Waals surface area contributed by atoms with E-state index >= 15 is 0 Å². The molecule has 6 rings (SSSR count). The normalized spacial score (nSPS) is 23.9. The first-order chi connectivity index (χ1) is 17.2. The van der Waals surface area contributed by atoms with Crippen LogP contribution in [0.15, 0.2) is 30.3 Å². The Balaban J connectivity index is 1.10. The Morgan fingerprint density at radius 3 is 2.57 bits per heavy atom. The number of fused-ring (bicyclic) bond motifs is 3. The third kappa shape index (κ3) is 4.43. The number of aromatic nitrogens is 2. The third-order valence-electron chi connectivity index (χ3n) is 8.27. The Labute approximate surface area is 206 Å². The number of carbonyl (C=O) groups excluding carboxylic acids is 1. The molecule has 35 heavy (non-hydrogen) atoms. The van der Waals surface area contributed by atoms with E-state index in [1.54, 1.807) is 12.1 Å². The van der Waals surface area contributed by atoms with Crippen molar-refractivity contribution in [3.05, 3.63) is 30.3 Å². The van der Waals surface area contributed by atoms with E-state index in [0.29, 0.717) is 23.2 Å². The van der Waals surface area contributed by atoms with E-state index in [-0.39, 0.29) is 17.7 Å². The fourth-order valence-corrected chi connectivity index (χ4v) is 6.25. The van der Waals surface area contributed by atoms with Crippen LogP contribution in [0.1, 0.15) is 25.7 Å². The average molecular weight is 478 g/mol. The van der Waals surface area contributed by atoms with Crippen LogP contribution < -0.4 is 15.5 Å². The van der Waals surface area contributed by atoms with Gasteiger partial charge >= 0.3 is 0 Å². The van der Waals surface area contributed by atoms with Crippen molar-refractivity contribution in [3.63, 3.8) is 0 Å². The number of likely N-dealkylation sites (tertiary alicyclic amines) is 1. The lowest BCUT2D eigenvalue weighted by atomic mass is 9.92. The Bertz CT molecular complexity index is 1070. The number of nitrogens with zero attached hydrogens (tertiary/aromatic N) is 5. The second-order valence-corrected chi connectivity index (χ2v) is 10.3. The molecule has 0 saturated carbocycles. The third-order valence-corrected chi connectivity index (χ3v) is 8.27. The standard InChI is InChI=1S/C26H35N7O2/c34-24-4-2-1-3-21(24)22-15-23-25(30-29-22)28-16-20-17-32(13-14-33(20)23)26(35)18-7-11-31(12-8-18)19-5-9-27-10-6-19/h1-4,15,18-20,27,34H,5-14,16-17H2,(H,28,30)/t20-/m0/s1. The maximum atomic E-state index is 13.4. The number of phenols is 1. The number of phenolic OH excluding ortho intramolecular Hbond substituents is 1. The number of para-hydroxylation sites is 1. The van der Waals surface area contributed by atoms with Crippen molar-refractivity contribution in [3.8, 4) is 17.0 Å². The lowest BCUT2D eigenvalue weighted by Gasteiger charge is -2.47. The van der Waals surface area contributed by atoms with Gasteiger partial charge in [0.25, 0.3) is 0 Å². The molecule has 1 amide bonds. The van der Waals surface area contributed by atoms with Crippen LogP contribution in [0.2, 0.25) is 0 Å². The van der Waals surface area contributed by atoms with Crippen LogP contribution in [0, 0.1) is 5.92 Å². The summed E-state index contributed by atoms with van der Waals surface area (Å²) < 4.78 is 0. The summed E-state index contributed by atoms with van der Waals surface area (Å²) in [5.74, 6) is 1.46. The van der Waals surface area contributed by atoms with Gasteiger partial charge in [0.05, 0.1) is 17.4 Å². The van der Waals surface area contributed by atoms with Gasteiger partial charge in [-0.25, -0.2) is 0 Å². The van der Waals surface area contributed by atoms with E-state index in [1.807, 2.05) is 18.2 Å². The highest BCUT2D eigenvalue weighted by Gasteiger charge is 2.37. The Hall–Kier alpha value is -2.91. The van der Waals surface area contributed by atoms with E-state index in [2.05, 4.69) is 35.5 Å². The molecule has 4 aliphatic rings. The van der Waals surface area contributed by atoms with Crippen LogP contribution in [0.25, 0.3) is 11.3 Å². The van der Waals surface area contributed by atoms with Gasteiger partial charge in [-0.05, 0) is 70.1 Å². The first kappa shape index (κ1) is 22.5. The van der Waals surface area contributed by atoms with E-state index in [9.17, 15) is 9.90 Å². The van der Waals surface area contributed by atoms with E-state index in [4.69, 9.17) is 0 Å². The first-order valence-corrected chi connectivity index (χ1v) is 13.1. The number of piperidine rings is 2. The molecule has 0 aliphatic carbocycles. The molecule has 2 aromatic rings. The van der Waals surface area contributed by atoms with Gasteiger partial charge in [-0.2, -0.15) is 0 Å². The van der Waals surface area contributed by atoms with Gasteiger partial charge in [0.1, 0.15) is 5.75 Å². The number of piperazine rings is 1. The Kier molecular flexibility index (Phi) is 6.20. The Morgan fingerprint density at radius 1 is 0.971 bits per heavy atom. The van der Waals surface area contributed by atoms with Crippen LogP contribution in [-0.4, -0.2) is 95.5 Å². The zero-order valence-electron chi connectivity index (χ0n) is 20.2. The molecule has 186 valence electrons. The number of anilines is 2. The number of amides is 1. The summed E-state index contributed by atoms with van der Waals surface area (Å²) in [5.41, 5.74) is 2.33. The van der Waals surface area contributed by atoms with E-state index in [1.165, 1.54) is 12.8 Å². The molecule has 9 heteroatoms. The summed E-state index contributed by atoms with van der Waals surface area (Å²) in [5, 5.41) is 25.9. The highest BCUT2D eigenvalue weighted by Crippen LogP contribution is 2.36. The van der Waals surface area contributed by atoms with Gasteiger partial charge in [0, 0.05) is 43.7 Å². The number of rotatable bonds is 3. The molecule has 4 aliphatic heterocycles. The van der Waals surface area contributed by atoms with Crippen molar-refractivity contribution >= 4 is 17.4 Å². The van der Waals surface area contributed by atoms with Gasteiger partial charge in [-0.1, -0.05) is 12.1 Å². The van der Waals surface area contributed by atoms with Crippen molar-refractivity contribution in [2.75, 3.05) is 62.6 Å². The molecular weight excluding hydrogens is 442 g/mol. The zero-order valence-corrected chi connectivity index (χ0v) is 20.2. The predicted molar refractivity (Wildman–Crippen MR) is 136 cm³/mol. The van der Waals surface area contributed by atoms with Gasteiger partial charge in [0.15, 0.2) is 5.82 Å². The van der Waals surface area contributed by atoms with Gasteiger partial charge in [-0.15, -0.1) is 10.2 Å². The van der Waals surface area contributed by atoms with Crippen molar-refractivity contribution in [2.24, 2.45) is 5.92 Å². The summed E-state index contributed by atoms with van der Waals surface area (Å²) in [6, 6.07) is 10.1. The maximum absolute atomic E-state index is 13.4. The van der Waals surface area contributed by atoms with Crippen molar-refractivity contribution in [1.82, 2.24) is 25.3 Å². The van der Waals surface area contributed by atoms with Crippen LogP contribution in [0.5, 0.6) is 5.75 Å². The number of benzene rings is 1. The molecule has 3 N–H and O–H groups in total. The lowest BCUT2D eigenvalue weighted by molar-refractivity contribution is -0.138. The maximum Gasteiger partial charge on any atom is 0.225 e. The summed E-state index contributed by atoms with van der Waals surface area (Å²) in [6.07, 6.45) is 4.42. The van der Waals surface area contributed by atoms with Crippen LogP contribution in [-0.2, 0) is 4.79 Å². The molecule has 1 aromatic carbocycles. The SMILES string of the molecule is O=C(C1CCN(C2CCNCC2)CC1)N1CCN2c3cc(-c4ccccc4O)nnc3NC[C@H]2C1. The summed E-state index contributed by atoms with van der Waals surface area (Å²) in [6.45, 7) is 7.32. The second kappa shape index (κ2) is 9.62.